The fraction of sp³-hybridized carbons (Fsp3) is 0.720. The molecule has 5 atom stereocenters. The minimum Gasteiger partial charge on any atom is -0.480 e. The lowest BCUT2D eigenvalue weighted by atomic mass is 9.77. The minimum atomic E-state index is -1.01. The molecule has 4 aliphatic rings. The quantitative estimate of drug-likeness (QED) is 0.515. The molecule has 7 nitrogen and oxygen atoms in total. The highest BCUT2D eigenvalue weighted by Crippen LogP contribution is 2.51. The second-order valence-corrected chi connectivity index (χ2v) is 10.3. The van der Waals surface area contributed by atoms with Crippen LogP contribution in [0.5, 0.6) is 0 Å². The molecule has 1 heterocycles. The molecule has 34 heavy (non-hydrogen) atoms. The number of carbonyl (C=O) groups excluding carboxylic acids is 1. The third kappa shape index (κ3) is 4.50. The van der Waals surface area contributed by atoms with Gasteiger partial charge in [0.1, 0.15) is 23.7 Å². The highest BCUT2D eigenvalue weighted by atomic mass is 19.1. The summed E-state index contributed by atoms with van der Waals surface area (Å²) in [5.74, 6) is -1.80. The largest absolute Gasteiger partial charge is 0.480 e. The second-order valence-electron chi connectivity index (χ2n) is 10.3. The lowest BCUT2D eigenvalue weighted by Gasteiger charge is -2.36. The Bertz CT molecular complexity index is 874. The fourth-order valence-corrected chi connectivity index (χ4v) is 6.40. The van der Waals surface area contributed by atoms with Gasteiger partial charge in [0.05, 0.1) is 12.1 Å². The molecule has 1 aliphatic heterocycles. The van der Waals surface area contributed by atoms with Crippen LogP contribution in [0.2, 0.25) is 0 Å². The van der Waals surface area contributed by atoms with Crippen LogP contribution in [0.25, 0.3) is 0 Å². The number of carboxylic acid groups (broad SMARTS) is 1. The first-order valence-corrected chi connectivity index (χ1v) is 12.1. The first-order valence-electron chi connectivity index (χ1n) is 12.1. The zero-order valence-corrected chi connectivity index (χ0v) is 19.9. The average molecular weight is 479 g/mol. The van der Waals surface area contributed by atoms with Crippen LogP contribution >= 0.6 is 0 Å². The Balaban J connectivity index is 0.000000204. The predicted octanol–water partition coefficient (Wildman–Crippen LogP) is 3.57. The molecule has 3 saturated carbocycles. The van der Waals surface area contributed by atoms with Crippen LogP contribution in [0.15, 0.2) is 24.8 Å². The van der Waals surface area contributed by atoms with Gasteiger partial charge in [0.15, 0.2) is 0 Å². The molecule has 0 aromatic rings. The first-order chi connectivity index (χ1) is 16.1. The maximum Gasteiger partial charge on any atom is 0.321 e. The van der Waals surface area contributed by atoms with Crippen molar-refractivity contribution in [3.8, 4) is 6.07 Å². The average Bonchev–Trinajstić information content (AvgIpc) is 3.22. The Morgan fingerprint density at radius 1 is 1.09 bits per heavy atom. The summed E-state index contributed by atoms with van der Waals surface area (Å²) in [6.45, 7) is 6.72. The Kier molecular flexibility index (Phi) is 7.83. The fourth-order valence-electron chi connectivity index (χ4n) is 6.40. The van der Waals surface area contributed by atoms with Gasteiger partial charge in [-0.3, -0.25) is 9.59 Å². The second kappa shape index (κ2) is 10.1. The smallest absolute Gasteiger partial charge is 0.321 e. The van der Waals surface area contributed by atoms with E-state index in [1.165, 1.54) is 0 Å². The molecule has 0 aromatic heterocycles. The number of nitrogens with zero attached hydrogens (tertiary/aromatic N) is 2. The molecule has 3 aliphatic carbocycles. The zero-order valence-electron chi connectivity index (χ0n) is 19.9. The summed E-state index contributed by atoms with van der Waals surface area (Å²) in [6.07, 6.45) is 7.48. The number of hydrogen-bond donors (Lipinski definition) is 3. The van der Waals surface area contributed by atoms with E-state index in [0.717, 1.165) is 38.5 Å². The standard InChI is InChI=1S/C15H20FN3O.C10H16FNO2/c1-9(16)15(4-2-3-5-15)13(18)14(20)19-11(8-17)6-10-7-12(10)19;1-7(11)10(5-3-4-6-10)8(12-2)9(13)14/h10-13H,1-7,18H2;8,12H,1,3-6H2,2H3,(H,13,14)/t10-,11?,12+,13-;/m1./s1. The number of likely N-dealkylation sites (N-methyl/N-ethyl adjacent to an activating group) is 1. The maximum absolute atomic E-state index is 13.9. The monoisotopic (exact) mass is 478 g/mol. The lowest BCUT2D eigenvalue weighted by Crippen LogP contribution is -2.54. The van der Waals surface area contributed by atoms with Crippen molar-refractivity contribution in [1.82, 2.24) is 10.2 Å². The third-order valence-electron chi connectivity index (χ3n) is 8.53. The molecule has 4 N–H and O–H groups in total. The predicted molar refractivity (Wildman–Crippen MR) is 124 cm³/mol. The van der Waals surface area contributed by atoms with E-state index in [1.54, 1.807) is 11.9 Å². The van der Waals surface area contributed by atoms with Gasteiger partial charge < -0.3 is 21.1 Å². The van der Waals surface area contributed by atoms with Gasteiger partial charge in [-0.15, -0.1) is 0 Å². The molecule has 1 amide bonds. The molecule has 9 heteroatoms. The van der Waals surface area contributed by atoms with Crippen LogP contribution in [0, 0.1) is 28.1 Å². The molecular formula is C25H36F2N4O3. The summed E-state index contributed by atoms with van der Waals surface area (Å²) in [6, 6.07) is 0.184. The SMILES string of the molecule is C=C(F)C1(C(NC)C(=O)O)CCCC1.C=C(F)C1([C@H](N)C(=O)N2C(C#N)C[C@@H]3C[C@@H]32)CCCC1. The van der Waals surface area contributed by atoms with Gasteiger partial charge >= 0.3 is 5.97 Å². The summed E-state index contributed by atoms with van der Waals surface area (Å²) >= 11 is 0. The number of carbonyl (C=O) groups is 2. The van der Waals surface area contributed by atoms with Crippen molar-refractivity contribution in [2.75, 3.05) is 7.05 Å². The van der Waals surface area contributed by atoms with Gasteiger partial charge in [0, 0.05) is 16.9 Å². The van der Waals surface area contributed by atoms with E-state index < -0.39 is 40.5 Å². The van der Waals surface area contributed by atoms with Crippen molar-refractivity contribution in [2.45, 2.75) is 88.4 Å². The molecule has 0 spiro atoms. The number of likely N-dealkylation sites (tertiary alicyclic amines) is 1. The van der Waals surface area contributed by atoms with Crippen LogP contribution in [-0.2, 0) is 9.59 Å². The third-order valence-corrected chi connectivity index (χ3v) is 8.53. The molecule has 188 valence electrons. The zero-order chi connectivity index (χ0) is 25.3. The van der Waals surface area contributed by atoms with Crippen molar-refractivity contribution in [2.24, 2.45) is 22.5 Å². The van der Waals surface area contributed by atoms with Gasteiger partial charge in [-0.2, -0.15) is 5.26 Å². The van der Waals surface area contributed by atoms with Crippen molar-refractivity contribution in [1.29, 1.82) is 5.26 Å². The van der Waals surface area contributed by atoms with E-state index in [2.05, 4.69) is 24.5 Å². The number of aliphatic carboxylic acids is 1. The number of halogens is 2. The molecule has 4 rings (SSSR count). The maximum atomic E-state index is 13.9. The van der Waals surface area contributed by atoms with Crippen molar-refractivity contribution in [3.63, 3.8) is 0 Å². The van der Waals surface area contributed by atoms with Crippen LogP contribution in [0.1, 0.15) is 64.2 Å². The summed E-state index contributed by atoms with van der Waals surface area (Å²) in [5.41, 5.74) is 4.33. The summed E-state index contributed by atoms with van der Waals surface area (Å²) < 4.78 is 27.3. The van der Waals surface area contributed by atoms with Crippen LogP contribution < -0.4 is 11.1 Å². The highest BCUT2D eigenvalue weighted by Gasteiger charge is 2.57. The highest BCUT2D eigenvalue weighted by molar-refractivity contribution is 5.85. The Morgan fingerprint density at radius 2 is 1.59 bits per heavy atom. The molecule has 0 aromatic carbocycles. The lowest BCUT2D eigenvalue weighted by molar-refractivity contribution is -0.142. The number of nitrogens with two attached hydrogens (primary N) is 1. The van der Waals surface area contributed by atoms with Crippen LogP contribution in [-0.4, -0.2) is 53.1 Å². The molecular weight excluding hydrogens is 442 g/mol. The van der Waals surface area contributed by atoms with E-state index in [4.69, 9.17) is 16.1 Å². The Hall–Kier alpha value is -2.31. The van der Waals surface area contributed by atoms with E-state index in [1.807, 2.05) is 0 Å². The van der Waals surface area contributed by atoms with Crippen molar-refractivity contribution < 1.29 is 23.5 Å². The number of fused-ring (bicyclic) bond motifs is 1. The van der Waals surface area contributed by atoms with Crippen molar-refractivity contribution in [3.05, 3.63) is 24.8 Å². The van der Waals surface area contributed by atoms with Gasteiger partial charge in [-0.25, -0.2) is 8.78 Å². The van der Waals surface area contributed by atoms with E-state index in [-0.39, 0.29) is 18.0 Å². The van der Waals surface area contributed by atoms with E-state index >= 15 is 0 Å². The number of nitriles is 1. The number of hydrogen-bond acceptors (Lipinski definition) is 5. The Labute approximate surface area is 200 Å². The van der Waals surface area contributed by atoms with Gasteiger partial charge in [0.2, 0.25) is 5.91 Å². The molecule has 2 unspecified atom stereocenters. The summed E-state index contributed by atoms with van der Waals surface area (Å²) in [7, 11) is 1.54. The molecule has 0 bridgehead atoms. The molecule has 1 saturated heterocycles. The number of carboxylic acids is 1. The van der Waals surface area contributed by atoms with Gasteiger partial charge in [0.25, 0.3) is 0 Å². The van der Waals surface area contributed by atoms with Crippen LogP contribution in [0.4, 0.5) is 8.78 Å². The van der Waals surface area contributed by atoms with Gasteiger partial charge in [-0.1, -0.05) is 38.8 Å². The number of piperidine rings is 1. The number of rotatable bonds is 7. The van der Waals surface area contributed by atoms with Crippen molar-refractivity contribution >= 4 is 11.9 Å². The first kappa shape index (κ1) is 26.3. The Morgan fingerprint density at radius 3 is 2.00 bits per heavy atom. The summed E-state index contributed by atoms with van der Waals surface area (Å²) in [5, 5.41) is 20.8. The van der Waals surface area contributed by atoms with E-state index in [9.17, 15) is 18.4 Å². The molecule has 0 radical (unpaired) electrons. The number of nitrogens with one attached hydrogen (secondary N) is 1. The summed E-state index contributed by atoms with van der Waals surface area (Å²) in [4.78, 5) is 25.3. The minimum absolute atomic E-state index is 0.157. The number of amides is 1. The van der Waals surface area contributed by atoms with Crippen LogP contribution in [0.3, 0.4) is 0 Å². The normalized spacial score (nSPS) is 29.7. The van der Waals surface area contributed by atoms with E-state index in [0.29, 0.717) is 31.6 Å². The molecule has 4 fully saturated rings. The topological polar surface area (TPSA) is 119 Å². The van der Waals surface area contributed by atoms with Gasteiger partial charge in [-0.05, 0) is 51.5 Å².